The number of nitrogen functional groups attached to an aromatic ring is 1. The average Bonchev–Trinajstić information content (AvgIpc) is 2.30. The van der Waals surface area contributed by atoms with Gasteiger partial charge in [-0.15, -0.1) is 0 Å². The van der Waals surface area contributed by atoms with Gasteiger partial charge in [0.15, 0.2) is 0 Å². The first-order chi connectivity index (χ1) is 7.70. The van der Waals surface area contributed by atoms with E-state index in [2.05, 4.69) is 0 Å². The van der Waals surface area contributed by atoms with E-state index in [1.807, 2.05) is 37.3 Å². The SMILES string of the molecule is CCn1c(=O)c(C#N)c(N)c2ccccc21. The van der Waals surface area contributed by atoms with Crippen molar-refractivity contribution in [2.24, 2.45) is 0 Å². The molecule has 1 aromatic carbocycles. The zero-order valence-electron chi connectivity index (χ0n) is 8.90. The van der Waals surface area contributed by atoms with E-state index in [1.165, 1.54) is 0 Å². The summed E-state index contributed by atoms with van der Waals surface area (Å²) in [5, 5.41) is 9.69. The van der Waals surface area contributed by atoms with Crippen LogP contribution < -0.4 is 11.3 Å². The summed E-state index contributed by atoms with van der Waals surface area (Å²) in [6.45, 7) is 2.39. The zero-order valence-corrected chi connectivity index (χ0v) is 8.90. The van der Waals surface area contributed by atoms with Crippen LogP contribution in [0, 0.1) is 11.3 Å². The molecule has 0 aliphatic rings. The Labute approximate surface area is 92.5 Å². The Morgan fingerprint density at radius 2 is 2.12 bits per heavy atom. The van der Waals surface area contributed by atoms with Crippen LogP contribution in [0.1, 0.15) is 12.5 Å². The maximum Gasteiger partial charge on any atom is 0.271 e. The number of nitrogens with zero attached hydrogens (tertiary/aromatic N) is 2. The van der Waals surface area contributed by atoms with Crippen LogP contribution in [-0.2, 0) is 6.54 Å². The van der Waals surface area contributed by atoms with Crippen molar-refractivity contribution in [3.8, 4) is 6.07 Å². The predicted octanol–water partition coefficient (Wildman–Crippen LogP) is 1.48. The van der Waals surface area contributed by atoms with Gasteiger partial charge in [0.1, 0.15) is 11.6 Å². The first-order valence-corrected chi connectivity index (χ1v) is 5.01. The number of pyridine rings is 1. The van der Waals surface area contributed by atoms with Crippen LogP contribution in [-0.4, -0.2) is 4.57 Å². The highest BCUT2D eigenvalue weighted by Crippen LogP contribution is 2.21. The number of rotatable bonds is 1. The molecule has 1 heterocycles. The van der Waals surface area contributed by atoms with E-state index >= 15 is 0 Å². The molecule has 0 atom stereocenters. The van der Waals surface area contributed by atoms with Crippen molar-refractivity contribution in [3.63, 3.8) is 0 Å². The Morgan fingerprint density at radius 3 is 2.75 bits per heavy atom. The summed E-state index contributed by atoms with van der Waals surface area (Å²) in [7, 11) is 0. The van der Waals surface area contributed by atoms with Crippen LogP contribution in [0.4, 0.5) is 5.69 Å². The Kier molecular flexibility index (Phi) is 2.37. The summed E-state index contributed by atoms with van der Waals surface area (Å²) < 4.78 is 1.56. The Hall–Kier alpha value is -2.28. The molecule has 0 bridgehead atoms. The molecule has 0 spiro atoms. The van der Waals surface area contributed by atoms with Crippen molar-refractivity contribution in [3.05, 3.63) is 40.2 Å². The molecule has 4 heteroatoms. The van der Waals surface area contributed by atoms with Crippen molar-refractivity contribution in [2.75, 3.05) is 5.73 Å². The van der Waals surface area contributed by atoms with Gasteiger partial charge in [-0.2, -0.15) is 5.26 Å². The molecule has 0 saturated heterocycles. The molecular weight excluding hydrogens is 202 g/mol. The maximum absolute atomic E-state index is 11.9. The van der Waals surface area contributed by atoms with E-state index in [4.69, 9.17) is 11.0 Å². The number of para-hydroxylation sites is 1. The third-order valence-corrected chi connectivity index (χ3v) is 2.64. The van der Waals surface area contributed by atoms with Crippen molar-refractivity contribution in [2.45, 2.75) is 13.5 Å². The Balaban J connectivity index is 3.08. The lowest BCUT2D eigenvalue weighted by Gasteiger charge is -2.10. The fourth-order valence-corrected chi connectivity index (χ4v) is 1.85. The number of nitriles is 1. The number of aromatic nitrogens is 1. The molecule has 2 rings (SSSR count). The fraction of sp³-hybridized carbons (Fsp3) is 0.167. The molecule has 0 radical (unpaired) electrons. The largest absolute Gasteiger partial charge is 0.397 e. The lowest BCUT2D eigenvalue weighted by atomic mass is 10.1. The van der Waals surface area contributed by atoms with Gasteiger partial charge in [-0.05, 0) is 13.0 Å². The van der Waals surface area contributed by atoms with E-state index in [-0.39, 0.29) is 16.8 Å². The van der Waals surface area contributed by atoms with Crippen molar-refractivity contribution in [1.82, 2.24) is 4.57 Å². The maximum atomic E-state index is 11.9. The summed E-state index contributed by atoms with van der Waals surface area (Å²) >= 11 is 0. The lowest BCUT2D eigenvalue weighted by molar-refractivity contribution is 0.758. The third-order valence-electron chi connectivity index (χ3n) is 2.64. The number of hydrogen-bond donors (Lipinski definition) is 1. The van der Waals surface area contributed by atoms with Gasteiger partial charge in [0.25, 0.3) is 5.56 Å². The van der Waals surface area contributed by atoms with Gasteiger partial charge in [0.05, 0.1) is 11.2 Å². The normalized spacial score (nSPS) is 10.2. The molecule has 1 aromatic heterocycles. The fourth-order valence-electron chi connectivity index (χ4n) is 1.85. The second-order valence-corrected chi connectivity index (χ2v) is 3.47. The molecule has 4 nitrogen and oxygen atoms in total. The van der Waals surface area contributed by atoms with Crippen molar-refractivity contribution < 1.29 is 0 Å². The minimum atomic E-state index is -0.318. The van der Waals surface area contributed by atoms with Gasteiger partial charge < -0.3 is 10.3 Å². The molecule has 0 saturated carbocycles. The second kappa shape index (κ2) is 3.70. The standard InChI is InChI=1S/C12H11N3O/c1-2-15-10-6-4-3-5-8(10)11(14)9(7-13)12(15)16/h3-6H,2,14H2,1H3. The lowest BCUT2D eigenvalue weighted by Crippen LogP contribution is -2.23. The van der Waals surface area contributed by atoms with Crippen molar-refractivity contribution >= 4 is 16.6 Å². The van der Waals surface area contributed by atoms with Crippen LogP contribution in [0.3, 0.4) is 0 Å². The van der Waals surface area contributed by atoms with Crippen molar-refractivity contribution in [1.29, 1.82) is 5.26 Å². The number of benzene rings is 1. The first kappa shape index (κ1) is 10.2. The molecular formula is C12H11N3O. The number of fused-ring (bicyclic) bond motifs is 1. The molecule has 0 unspecified atom stereocenters. The van der Waals surface area contributed by atoms with E-state index in [0.29, 0.717) is 6.54 Å². The van der Waals surface area contributed by atoms with Gasteiger partial charge in [-0.25, -0.2) is 0 Å². The summed E-state index contributed by atoms with van der Waals surface area (Å²) in [6.07, 6.45) is 0. The number of hydrogen-bond acceptors (Lipinski definition) is 3. The topological polar surface area (TPSA) is 71.8 Å². The molecule has 80 valence electrons. The van der Waals surface area contributed by atoms with E-state index in [9.17, 15) is 4.79 Å². The van der Waals surface area contributed by atoms with Gasteiger partial charge in [-0.1, -0.05) is 18.2 Å². The zero-order chi connectivity index (χ0) is 11.7. The predicted molar refractivity (Wildman–Crippen MR) is 63.0 cm³/mol. The molecule has 0 aliphatic heterocycles. The van der Waals surface area contributed by atoms with Gasteiger partial charge in [0.2, 0.25) is 0 Å². The van der Waals surface area contributed by atoms with E-state index < -0.39 is 0 Å². The van der Waals surface area contributed by atoms with Crippen LogP contribution in [0.15, 0.2) is 29.1 Å². The highest BCUT2D eigenvalue weighted by Gasteiger charge is 2.12. The molecule has 0 fully saturated rings. The molecule has 2 N–H and O–H groups in total. The van der Waals surface area contributed by atoms with Crippen LogP contribution >= 0.6 is 0 Å². The first-order valence-electron chi connectivity index (χ1n) is 5.01. The third kappa shape index (κ3) is 1.26. The highest BCUT2D eigenvalue weighted by atomic mass is 16.1. The number of nitrogens with two attached hydrogens (primary N) is 1. The quantitative estimate of drug-likeness (QED) is 0.779. The molecule has 0 aliphatic carbocycles. The molecule has 16 heavy (non-hydrogen) atoms. The molecule has 2 aromatic rings. The monoisotopic (exact) mass is 213 g/mol. The Bertz CT molecular complexity index is 650. The van der Waals surface area contributed by atoms with E-state index in [0.717, 1.165) is 10.9 Å². The second-order valence-electron chi connectivity index (χ2n) is 3.47. The Morgan fingerprint density at radius 1 is 1.44 bits per heavy atom. The van der Waals surface area contributed by atoms with Gasteiger partial charge >= 0.3 is 0 Å². The number of aryl methyl sites for hydroxylation is 1. The minimum Gasteiger partial charge on any atom is -0.397 e. The number of anilines is 1. The van der Waals surface area contributed by atoms with Gasteiger partial charge in [-0.3, -0.25) is 4.79 Å². The summed E-state index contributed by atoms with van der Waals surface area (Å²) in [4.78, 5) is 11.9. The van der Waals surface area contributed by atoms with Crippen LogP contribution in [0.2, 0.25) is 0 Å². The van der Waals surface area contributed by atoms with E-state index in [1.54, 1.807) is 4.57 Å². The minimum absolute atomic E-state index is 0.0283. The van der Waals surface area contributed by atoms with Crippen LogP contribution in [0.25, 0.3) is 10.9 Å². The molecule has 0 amide bonds. The van der Waals surface area contributed by atoms with Crippen LogP contribution in [0.5, 0.6) is 0 Å². The average molecular weight is 213 g/mol. The highest BCUT2D eigenvalue weighted by molar-refractivity contribution is 5.92. The summed E-state index contributed by atoms with van der Waals surface area (Å²) in [6, 6.07) is 9.20. The smallest absolute Gasteiger partial charge is 0.271 e. The summed E-state index contributed by atoms with van der Waals surface area (Å²) in [5.41, 5.74) is 6.57. The summed E-state index contributed by atoms with van der Waals surface area (Å²) in [5.74, 6) is 0. The van der Waals surface area contributed by atoms with Gasteiger partial charge in [0, 0.05) is 11.9 Å².